The highest BCUT2D eigenvalue weighted by Crippen LogP contribution is 1.54. The molecule has 1 amide bonds. The molecule has 0 aliphatic heterocycles. The molecule has 0 spiro atoms. The highest BCUT2D eigenvalue weighted by molar-refractivity contribution is 7.22. The zero-order valence-corrected chi connectivity index (χ0v) is 13.8. The zero-order chi connectivity index (χ0) is 9.11. The van der Waals surface area contributed by atoms with Gasteiger partial charge in [0.2, 0.25) is 0 Å². The van der Waals surface area contributed by atoms with Gasteiger partial charge in [-0.1, -0.05) is 6.58 Å². The van der Waals surface area contributed by atoms with Crippen molar-refractivity contribution in [2.75, 3.05) is 0 Å². The average molecular weight is 226 g/mol. The van der Waals surface area contributed by atoms with Crippen LogP contribution in [0.25, 0.3) is 0 Å². The maximum Gasteiger partial charge on any atom is 0.408 e. The highest BCUT2D eigenvalue weighted by atomic mass is 29.5. The SMILES string of the molecule is C=CNC(=O)O.[SiH3]O[SiH2][SiH2][SiH3]. The fourth-order valence-electron chi connectivity index (χ4n) is 0.291. The van der Waals surface area contributed by atoms with Gasteiger partial charge in [-0.25, -0.2) is 4.79 Å². The van der Waals surface area contributed by atoms with Crippen molar-refractivity contribution in [2.24, 2.45) is 0 Å². The van der Waals surface area contributed by atoms with Crippen LogP contribution in [0.1, 0.15) is 0 Å². The summed E-state index contributed by atoms with van der Waals surface area (Å²) in [7, 11) is 3.21. The zero-order valence-electron chi connectivity index (χ0n) is 6.96. The average Bonchev–Trinajstić information content (AvgIpc) is 1.90. The molecule has 0 atom stereocenters. The van der Waals surface area contributed by atoms with Crippen LogP contribution in [0.4, 0.5) is 4.79 Å². The molecule has 0 saturated heterocycles. The van der Waals surface area contributed by atoms with Gasteiger partial charge in [0.25, 0.3) is 0 Å². The Morgan fingerprint density at radius 3 is 2.36 bits per heavy atom. The van der Waals surface area contributed by atoms with Crippen molar-refractivity contribution in [1.82, 2.24) is 5.32 Å². The molecule has 0 aromatic carbocycles. The Morgan fingerprint density at radius 1 is 1.82 bits per heavy atom. The van der Waals surface area contributed by atoms with E-state index in [1.54, 1.807) is 0 Å². The third-order valence-corrected chi connectivity index (χ3v) is 11.2. The maximum absolute atomic E-state index is 9.42. The number of hydrogen-bond donors (Lipinski definition) is 2. The van der Waals surface area contributed by atoms with Crippen LogP contribution in [0.5, 0.6) is 0 Å². The molecule has 0 fully saturated rings. The van der Waals surface area contributed by atoms with Crippen LogP contribution >= 0.6 is 0 Å². The van der Waals surface area contributed by atoms with E-state index in [4.69, 9.17) is 9.22 Å². The normalized spacial score (nSPS) is 10.2. The van der Waals surface area contributed by atoms with Crippen molar-refractivity contribution in [3.63, 3.8) is 0 Å². The lowest BCUT2D eigenvalue weighted by atomic mass is 11.0. The standard InChI is InChI=1S/C3H5NO2.H10OSi4/c1-2-4-3(5)6;2-1-4-5-3/h2,4H,1H2,(H,5,6);4-5H2,2-3H3. The molecule has 0 aromatic rings. The largest absolute Gasteiger partial charge is 0.471 e. The molecule has 0 aliphatic rings. The van der Waals surface area contributed by atoms with Crippen LogP contribution in [0.15, 0.2) is 12.8 Å². The predicted molar refractivity (Wildman–Crippen MR) is 59.4 cm³/mol. The van der Waals surface area contributed by atoms with Gasteiger partial charge in [0, 0.05) is 8.55 Å². The second-order valence-corrected chi connectivity index (χ2v) is 18.6. The van der Waals surface area contributed by atoms with E-state index in [1.165, 1.54) is 9.76 Å². The van der Waals surface area contributed by atoms with Crippen molar-refractivity contribution in [1.29, 1.82) is 0 Å². The molecule has 66 valence electrons. The lowest BCUT2D eigenvalue weighted by Gasteiger charge is -1.83. The monoisotopic (exact) mass is 225 g/mol. The van der Waals surface area contributed by atoms with Gasteiger partial charge in [-0.15, -0.1) is 0 Å². The van der Waals surface area contributed by atoms with Crippen LogP contribution in [0.2, 0.25) is 0 Å². The van der Waals surface area contributed by atoms with Crippen molar-refractivity contribution in [2.45, 2.75) is 0 Å². The minimum absolute atomic E-state index is 0.194. The van der Waals surface area contributed by atoms with E-state index in [0.717, 1.165) is 16.7 Å². The number of hydrogen-bond acceptors (Lipinski definition) is 2. The third kappa shape index (κ3) is 25.8. The summed E-state index contributed by atoms with van der Waals surface area (Å²) in [6, 6.07) is 0. The minimum Gasteiger partial charge on any atom is -0.471 e. The first-order chi connectivity index (χ1) is 5.18. The summed E-state index contributed by atoms with van der Waals surface area (Å²) in [5.41, 5.74) is 0. The third-order valence-electron chi connectivity index (χ3n) is 0.634. The van der Waals surface area contributed by atoms with Gasteiger partial charge in [-0.2, -0.15) is 0 Å². The quantitative estimate of drug-likeness (QED) is 0.483. The van der Waals surface area contributed by atoms with Crippen LogP contribution in [0.3, 0.4) is 0 Å². The first kappa shape index (κ1) is 13.4. The van der Waals surface area contributed by atoms with Crippen LogP contribution in [-0.4, -0.2) is 49.3 Å². The van der Waals surface area contributed by atoms with Gasteiger partial charge in [-0.3, -0.25) is 5.32 Å². The molecule has 4 nitrogen and oxygen atoms in total. The van der Waals surface area contributed by atoms with Crippen LogP contribution in [-0.2, 0) is 4.12 Å². The van der Waals surface area contributed by atoms with Gasteiger partial charge >= 0.3 is 6.09 Å². The molecule has 0 saturated carbocycles. The Hall–Kier alpha value is -0.162. The summed E-state index contributed by atoms with van der Waals surface area (Å²) >= 11 is 0. The molecular formula is C3H15NO3Si4. The summed E-state index contributed by atoms with van der Waals surface area (Å²) in [5.74, 6) is 0. The lowest BCUT2D eigenvalue weighted by Crippen LogP contribution is -2.11. The summed E-state index contributed by atoms with van der Waals surface area (Å²) in [6.07, 6.45) is 0.0208. The maximum atomic E-state index is 9.42. The van der Waals surface area contributed by atoms with E-state index in [2.05, 4.69) is 6.58 Å². The molecule has 0 unspecified atom stereocenters. The number of carbonyl (C=O) groups is 1. The van der Waals surface area contributed by atoms with Crippen molar-refractivity contribution in [3.05, 3.63) is 12.8 Å². The molecule has 2 N–H and O–H groups in total. The number of nitrogens with one attached hydrogen (secondary N) is 1. The second kappa shape index (κ2) is 12.5. The molecule has 0 aliphatic carbocycles. The topological polar surface area (TPSA) is 58.6 Å². The molecule has 11 heavy (non-hydrogen) atoms. The molecule has 0 rings (SSSR count). The van der Waals surface area contributed by atoms with E-state index >= 15 is 0 Å². The summed E-state index contributed by atoms with van der Waals surface area (Å²) in [6.45, 7) is 3.11. The summed E-state index contributed by atoms with van der Waals surface area (Å²) in [4.78, 5) is 9.42. The Balaban J connectivity index is 0. The van der Waals surface area contributed by atoms with Gasteiger partial charge < -0.3 is 9.22 Å². The molecule has 0 radical (unpaired) electrons. The van der Waals surface area contributed by atoms with Gasteiger partial charge in [0.15, 0.2) is 0 Å². The van der Waals surface area contributed by atoms with E-state index < -0.39 is 6.09 Å². The highest BCUT2D eigenvalue weighted by Gasteiger charge is 1.80. The molecule has 0 heterocycles. The van der Waals surface area contributed by atoms with Crippen molar-refractivity contribution < 1.29 is 14.0 Å². The first-order valence-corrected chi connectivity index (χ1v) is 14.3. The van der Waals surface area contributed by atoms with Crippen molar-refractivity contribution >= 4 is 44.2 Å². The minimum atomic E-state index is -1.08. The predicted octanol–water partition coefficient (Wildman–Crippen LogP) is -3.87. The van der Waals surface area contributed by atoms with Crippen LogP contribution < -0.4 is 5.32 Å². The Kier molecular flexibility index (Phi) is 15.3. The van der Waals surface area contributed by atoms with E-state index in [1.807, 2.05) is 5.32 Å². The second-order valence-electron chi connectivity index (χ2n) is 1.65. The smallest absolute Gasteiger partial charge is 0.408 e. The van der Waals surface area contributed by atoms with E-state index in [9.17, 15) is 4.79 Å². The number of carboxylic acid groups (broad SMARTS) is 1. The van der Waals surface area contributed by atoms with Gasteiger partial charge in [0.05, 0.1) is 0 Å². The number of rotatable bonds is 3. The molecule has 8 heteroatoms. The summed E-state index contributed by atoms with van der Waals surface area (Å²) in [5, 5.41) is 9.62. The fraction of sp³-hybridized carbons (Fsp3) is 0. The molecule has 0 aromatic heterocycles. The van der Waals surface area contributed by atoms with E-state index in [-0.39, 0.29) is 9.28 Å². The Bertz CT molecular complexity index is 109. The molecular weight excluding hydrogens is 210 g/mol. The van der Waals surface area contributed by atoms with Crippen LogP contribution in [0, 0.1) is 0 Å². The Labute approximate surface area is 76.7 Å². The lowest BCUT2D eigenvalue weighted by molar-refractivity contribution is 0.198. The summed E-state index contributed by atoms with van der Waals surface area (Å²) < 4.78 is 5.07. The molecule has 0 bridgehead atoms. The fourth-order valence-corrected chi connectivity index (χ4v) is 16.6. The van der Waals surface area contributed by atoms with Crippen molar-refractivity contribution in [3.8, 4) is 0 Å². The van der Waals surface area contributed by atoms with E-state index in [0.29, 0.717) is 8.55 Å². The van der Waals surface area contributed by atoms with Gasteiger partial charge in [0.1, 0.15) is 19.8 Å². The number of amides is 1. The van der Waals surface area contributed by atoms with Gasteiger partial charge in [-0.05, 0) is 16.0 Å². The Morgan fingerprint density at radius 2 is 2.36 bits per heavy atom. The first-order valence-electron chi connectivity index (χ1n) is 3.28.